The van der Waals surface area contributed by atoms with Gasteiger partial charge >= 0.3 is 0 Å². The summed E-state index contributed by atoms with van der Waals surface area (Å²) in [6.07, 6.45) is 5.47. The molecule has 5 rings (SSSR count). The van der Waals surface area contributed by atoms with Crippen LogP contribution in [0.15, 0.2) is 61.1 Å². The summed E-state index contributed by atoms with van der Waals surface area (Å²) in [6.45, 7) is 5.08. The van der Waals surface area contributed by atoms with Crippen LogP contribution in [0.4, 0.5) is 8.78 Å². The third kappa shape index (κ3) is 5.83. The number of likely N-dealkylation sites (tertiary alicyclic amines) is 1. The van der Waals surface area contributed by atoms with Crippen molar-refractivity contribution in [1.29, 1.82) is 0 Å². The lowest BCUT2D eigenvalue weighted by molar-refractivity contribution is 0.0700. The molecule has 38 heavy (non-hydrogen) atoms. The van der Waals surface area contributed by atoms with Gasteiger partial charge < -0.3 is 14.5 Å². The predicted molar refractivity (Wildman–Crippen MR) is 142 cm³/mol. The van der Waals surface area contributed by atoms with Crippen LogP contribution in [0.25, 0.3) is 22.0 Å². The molecule has 7 nitrogen and oxygen atoms in total. The second-order valence-electron chi connectivity index (χ2n) is 9.53. The molecule has 0 radical (unpaired) electrons. The third-order valence-electron chi connectivity index (χ3n) is 6.95. The minimum absolute atomic E-state index is 0.159. The van der Waals surface area contributed by atoms with E-state index in [1.807, 2.05) is 13.0 Å². The van der Waals surface area contributed by atoms with Gasteiger partial charge in [-0.3, -0.25) is 14.9 Å². The molecule has 1 fully saturated rings. The van der Waals surface area contributed by atoms with Crippen molar-refractivity contribution in [3.05, 3.63) is 78.0 Å². The highest BCUT2D eigenvalue weighted by Crippen LogP contribution is 2.32. The fraction of sp³-hybridized carbons (Fsp3) is 0.345. The highest BCUT2D eigenvalue weighted by atomic mass is 19.1. The molecule has 1 amide bonds. The van der Waals surface area contributed by atoms with Crippen LogP contribution in [0.3, 0.4) is 0 Å². The number of aromatic nitrogens is 3. The summed E-state index contributed by atoms with van der Waals surface area (Å²) >= 11 is 0. The van der Waals surface area contributed by atoms with Crippen LogP contribution < -0.4 is 4.74 Å². The lowest BCUT2D eigenvalue weighted by Crippen LogP contribution is -2.42. The van der Waals surface area contributed by atoms with E-state index >= 15 is 0 Å². The molecule has 0 unspecified atom stereocenters. The number of benzene rings is 2. The molecule has 0 saturated carbocycles. The van der Waals surface area contributed by atoms with E-state index < -0.39 is 6.17 Å². The Hall–Kier alpha value is -3.85. The number of H-pyrrole nitrogens is 1. The summed E-state index contributed by atoms with van der Waals surface area (Å²) in [6, 6.07) is 11.6. The molecular weight excluding hydrogens is 488 g/mol. The van der Waals surface area contributed by atoms with E-state index in [-0.39, 0.29) is 11.7 Å². The number of ether oxygens (including phenoxy) is 1. The molecular formula is C29H31F2N5O2. The zero-order valence-electron chi connectivity index (χ0n) is 21.4. The number of pyridine rings is 1. The van der Waals surface area contributed by atoms with Crippen molar-refractivity contribution in [1.82, 2.24) is 25.0 Å². The smallest absolute Gasteiger partial charge is 0.254 e. The van der Waals surface area contributed by atoms with Crippen LogP contribution in [-0.2, 0) is 6.54 Å². The Bertz CT molecular complexity index is 1400. The fourth-order valence-electron chi connectivity index (χ4n) is 4.90. The van der Waals surface area contributed by atoms with Gasteiger partial charge in [0.25, 0.3) is 5.91 Å². The number of halogens is 2. The summed E-state index contributed by atoms with van der Waals surface area (Å²) in [5.41, 5.74) is 3.57. The molecule has 2 aromatic heterocycles. The Morgan fingerprint density at radius 1 is 1.16 bits per heavy atom. The van der Waals surface area contributed by atoms with Crippen molar-refractivity contribution in [2.45, 2.75) is 32.5 Å². The van der Waals surface area contributed by atoms with E-state index in [0.29, 0.717) is 69.0 Å². The summed E-state index contributed by atoms with van der Waals surface area (Å²) in [7, 11) is 0. The Kier molecular flexibility index (Phi) is 7.93. The molecule has 9 heteroatoms. The van der Waals surface area contributed by atoms with E-state index in [2.05, 4.69) is 20.1 Å². The average Bonchev–Trinajstić information content (AvgIpc) is 3.42. The van der Waals surface area contributed by atoms with Gasteiger partial charge in [-0.15, -0.1) is 0 Å². The number of nitrogens with zero attached hydrogens (tertiary/aromatic N) is 4. The van der Waals surface area contributed by atoms with Gasteiger partial charge in [0.2, 0.25) is 0 Å². The Morgan fingerprint density at radius 2 is 2.00 bits per heavy atom. The largest absolute Gasteiger partial charge is 0.493 e. The number of amides is 1. The standard InChI is InChI=1S/C29H31F2N5O2/c1-2-38-27-15-21(6-7-26(27)20-4-3-5-25(31)14-20)29(37)36(13-12-35-10-8-24(30)9-11-35)19-23-17-32-16-22-18-33-34-28(22)23/h3-7,14-18,24H,2,8-13,19H2,1H3,(H,33,34). The minimum Gasteiger partial charge on any atom is -0.493 e. The zero-order chi connectivity index (χ0) is 26.5. The van der Waals surface area contributed by atoms with Crippen LogP contribution >= 0.6 is 0 Å². The Labute approximate surface area is 220 Å². The first kappa shape index (κ1) is 25.8. The quantitative estimate of drug-likeness (QED) is 0.327. The van der Waals surface area contributed by atoms with Gasteiger partial charge in [0, 0.05) is 67.2 Å². The summed E-state index contributed by atoms with van der Waals surface area (Å²) in [5.74, 6) is 0.0227. The minimum atomic E-state index is -0.748. The number of alkyl halides is 1. The number of hydrogen-bond acceptors (Lipinski definition) is 5. The number of carbonyl (C=O) groups is 1. The van der Waals surface area contributed by atoms with Gasteiger partial charge in [0.1, 0.15) is 17.7 Å². The summed E-state index contributed by atoms with van der Waals surface area (Å²) < 4.78 is 33.4. The predicted octanol–water partition coefficient (Wildman–Crippen LogP) is 5.24. The molecule has 0 aliphatic carbocycles. The molecule has 3 heterocycles. The van der Waals surface area contributed by atoms with Crippen molar-refractivity contribution < 1.29 is 18.3 Å². The molecule has 1 aliphatic heterocycles. The van der Waals surface area contributed by atoms with E-state index in [1.54, 1.807) is 47.8 Å². The number of hydrogen-bond donors (Lipinski definition) is 1. The maximum Gasteiger partial charge on any atom is 0.254 e. The van der Waals surface area contributed by atoms with Crippen molar-refractivity contribution in [3.63, 3.8) is 0 Å². The monoisotopic (exact) mass is 519 g/mol. The second-order valence-corrected chi connectivity index (χ2v) is 9.53. The van der Waals surface area contributed by atoms with Crippen molar-refractivity contribution in [2.24, 2.45) is 0 Å². The maximum absolute atomic E-state index is 13.9. The Morgan fingerprint density at radius 3 is 2.79 bits per heavy atom. The molecule has 0 spiro atoms. The van der Waals surface area contributed by atoms with Crippen molar-refractivity contribution in [2.75, 3.05) is 32.8 Å². The highest BCUT2D eigenvalue weighted by Gasteiger charge is 2.23. The third-order valence-corrected chi connectivity index (χ3v) is 6.95. The van der Waals surface area contributed by atoms with E-state index in [1.165, 1.54) is 12.1 Å². The Balaban J connectivity index is 1.43. The summed E-state index contributed by atoms with van der Waals surface area (Å²) in [4.78, 5) is 22.2. The van der Waals surface area contributed by atoms with Crippen LogP contribution in [0.2, 0.25) is 0 Å². The number of aromatic amines is 1. The molecule has 1 aliphatic rings. The summed E-state index contributed by atoms with van der Waals surface area (Å²) in [5, 5.41) is 8.00. The highest BCUT2D eigenvalue weighted by molar-refractivity contribution is 5.96. The van der Waals surface area contributed by atoms with Crippen LogP contribution in [0.5, 0.6) is 5.75 Å². The van der Waals surface area contributed by atoms with Gasteiger partial charge in [0.15, 0.2) is 0 Å². The first-order valence-electron chi connectivity index (χ1n) is 13.0. The molecule has 4 aromatic rings. The first-order valence-corrected chi connectivity index (χ1v) is 13.0. The molecule has 1 saturated heterocycles. The van der Waals surface area contributed by atoms with Gasteiger partial charge in [0.05, 0.1) is 18.3 Å². The molecule has 0 atom stereocenters. The first-order chi connectivity index (χ1) is 18.5. The van der Waals surface area contributed by atoms with E-state index in [4.69, 9.17) is 4.74 Å². The number of carbonyl (C=O) groups excluding carboxylic acids is 1. The van der Waals surface area contributed by atoms with Crippen molar-refractivity contribution in [3.8, 4) is 16.9 Å². The van der Waals surface area contributed by atoms with Crippen molar-refractivity contribution >= 4 is 16.8 Å². The normalized spacial score (nSPS) is 14.6. The molecule has 0 bridgehead atoms. The van der Waals surface area contributed by atoms with Crippen LogP contribution in [-0.4, -0.2) is 69.8 Å². The number of piperidine rings is 1. The maximum atomic E-state index is 13.9. The van der Waals surface area contributed by atoms with Crippen LogP contribution in [0.1, 0.15) is 35.7 Å². The number of rotatable bonds is 9. The van der Waals surface area contributed by atoms with Gasteiger partial charge in [-0.1, -0.05) is 12.1 Å². The van der Waals surface area contributed by atoms with E-state index in [9.17, 15) is 13.6 Å². The van der Waals surface area contributed by atoms with Gasteiger partial charge in [-0.05, 0) is 55.7 Å². The molecule has 1 N–H and O–H groups in total. The van der Waals surface area contributed by atoms with Gasteiger partial charge in [-0.25, -0.2) is 8.78 Å². The molecule has 198 valence electrons. The average molecular weight is 520 g/mol. The second kappa shape index (κ2) is 11.7. The lowest BCUT2D eigenvalue weighted by atomic mass is 10.0. The fourth-order valence-corrected chi connectivity index (χ4v) is 4.90. The van der Waals surface area contributed by atoms with E-state index in [0.717, 1.165) is 22.0 Å². The topological polar surface area (TPSA) is 74.3 Å². The number of nitrogens with one attached hydrogen (secondary N) is 1. The van der Waals surface area contributed by atoms with Gasteiger partial charge in [-0.2, -0.15) is 5.10 Å². The zero-order valence-corrected chi connectivity index (χ0v) is 21.4. The number of fused-ring (bicyclic) bond motifs is 1. The lowest BCUT2D eigenvalue weighted by Gasteiger charge is -2.31. The van der Waals surface area contributed by atoms with Crippen LogP contribution in [0, 0.1) is 5.82 Å². The molecule has 2 aromatic carbocycles. The SMILES string of the molecule is CCOc1cc(C(=O)N(CCN2CCC(F)CC2)Cc2cncc3cn[nH]c23)ccc1-c1cccc(F)c1.